The molecule has 0 unspecified atom stereocenters. The first-order valence-corrected chi connectivity index (χ1v) is 11.1. The Morgan fingerprint density at radius 1 is 0.903 bits per heavy atom. The largest absolute Gasteiger partial charge is 0.432 e. The molecule has 0 saturated carbocycles. The number of aliphatic imine (C=N–C) groups is 1. The predicted octanol–water partition coefficient (Wildman–Crippen LogP) is 5.11. The molecule has 1 heterocycles. The van der Waals surface area contributed by atoms with Gasteiger partial charge in [0.2, 0.25) is 5.90 Å². The van der Waals surface area contributed by atoms with E-state index in [1.165, 1.54) is 42.5 Å². The van der Waals surface area contributed by atoms with E-state index in [1.807, 2.05) is 0 Å². The van der Waals surface area contributed by atoms with Gasteiger partial charge in [-0.1, -0.05) is 41.4 Å². The van der Waals surface area contributed by atoms with Crippen LogP contribution in [0.15, 0.2) is 88.4 Å². The molecule has 0 N–H and O–H groups in total. The van der Waals surface area contributed by atoms with Crippen LogP contribution >= 0.6 is 23.2 Å². The van der Waals surface area contributed by atoms with Gasteiger partial charge < -0.3 is 8.92 Å². The minimum absolute atomic E-state index is 0.0151. The first-order valence-electron chi connectivity index (χ1n) is 8.89. The lowest BCUT2D eigenvalue weighted by Gasteiger charge is -2.07. The SMILES string of the molecule is O=C1N=C(c2cccc(Cl)c2)O/C1=C/c1ccc(OS(=O)(=O)c2ccc(Cl)cc2)cc1. The third-order valence-electron chi connectivity index (χ3n) is 4.18. The Labute approximate surface area is 188 Å². The smallest absolute Gasteiger partial charge is 0.339 e. The van der Waals surface area contributed by atoms with Crippen molar-refractivity contribution in [2.45, 2.75) is 4.90 Å². The lowest BCUT2D eigenvalue weighted by Crippen LogP contribution is -2.09. The number of hydrogen-bond donors (Lipinski definition) is 0. The number of nitrogens with zero attached hydrogens (tertiary/aromatic N) is 1. The molecule has 1 aliphatic rings. The van der Waals surface area contributed by atoms with Crippen LogP contribution in [0, 0.1) is 0 Å². The zero-order chi connectivity index (χ0) is 22.0. The maximum Gasteiger partial charge on any atom is 0.339 e. The highest BCUT2D eigenvalue weighted by Gasteiger charge is 2.24. The second kappa shape index (κ2) is 8.55. The summed E-state index contributed by atoms with van der Waals surface area (Å²) >= 11 is 11.7. The number of rotatable bonds is 5. The first kappa shape index (κ1) is 21.1. The van der Waals surface area contributed by atoms with Crippen LogP contribution in [0.4, 0.5) is 0 Å². The highest BCUT2D eigenvalue weighted by Crippen LogP contribution is 2.24. The minimum atomic E-state index is -4.00. The van der Waals surface area contributed by atoms with Gasteiger partial charge >= 0.3 is 16.0 Å². The van der Waals surface area contributed by atoms with Gasteiger partial charge in [0.05, 0.1) is 0 Å². The van der Waals surface area contributed by atoms with Gasteiger partial charge in [-0.2, -0.15) is 13.4 Å². The Bertz CT molecular complexity index is 1310. The van der Waals surface area contributed by atoms with Gasteiger partial charge in [0.25, 0.3) is 0 Å². The zero-order valence-corrected chi connectivity index (χ0v) is 18.0. The van der Waals surface area contributed by atoms with Crippen molar-refractivity contribution in [2.75, 3.05) is 0 Å². The van der Waals surface area contributed by atoms with E-state index >= 15 is 0 Å². The molecule has 0 aliphatic carbocycles. The monoisotopic (exact) mass is 473 g/mol. The van der Waals surface area contributed by atoms with E-state index in [9.17, 15) is 13.2 Å². The number of halogens is 2. The van der Waals surface area contributed by atoms with Crippen LogP contribution in [0.25, 0.3) is 6.08 Å². The molecule has 0 aromatic heterocycles. The molecule has 0 atom stereocenters. The predicted molar refractivity (Wildman–Crippen MR) is 118 cm³/mol. The lowest BCUT2D eigenvalue weighted by molar-refractivity contribution is -0.115. The topological polar surface area (TPSA) is 82.0 Å². The van der Waals surface area contributed by atoms with Gasteiger partial charge in [0, 0.05) is 15.6 Å². The van der Waals surface area contributed by atoms with E-state index in [-0.39, 0.29) is 22.3 Å². The average Bonchev–Trinajstić information content (AvgIpc) is 3.10. The van der Waals surface area contributed by atoms with Gasteiger partial charge in [0.1, 0.15) is 10.6 Å². The van der Waals surface area contributed by atoms with Crippen molar-refractivity contribution < 1.29 is 22.1 Å². The molecule has 1 amide bonds. The van der Waals surface area contributed by atoms with Gasteiger partial charge in [-0.3, -0.25) is 4.79 Å². The maximum absolute atomic E-state index is 12.3. The molecule has 4 rings (SSSR count). The molecule has 0 radical (unpaired) electrons. The standard InChI is InChI=1S/C22H13Cl2NO5S/c23-16-6-10-19(11-7-16)31(27,28)30-18-8-4-14(5-9-18)12-20-21(26)25-22(29-20)15-2-1-3-17(24)13-15/h1-13H/b20-12+. The van der Waals surface area contributed by atoms with Gasteiger partial charge in [-0.25, -0.2) is 0 Å². The number of benzene rings is 3. The number of carbonyl (C=O) groups excluding carboxylic acids is 1. The number of amides is 1. The molecule has 9 heteroatoms. The summed E-state index contributed by atoms with van der Waals surface area (Å²) in [5.41, 5.74) is 1.18. The second-order valence-corrected chi connectivity index (χ2v) is 8.82. The number of carbonyl (C=O) groups is 1. The van der Waals surface area contributed by atoms with E-state index < -0.39 is 16.0 Å². The van der Waals surface area contributed by atoms with Crippen molar-refractivity contribution in [3.8, 4) is 5.75 Å². The molecule has 3 aromatic carbocycles. The summed E-state index contributed by atoms with van der Waals surface area (Å²) in [6.07, 6.45) is 1.50. The molecule has 0 fully saturated rings. The fraction of sp³-hybridized carbons (Fsp3) is 0. The maximum atomic E-state index is 12.3. The van der Waals surface area contributed by atoms with Crippen LogP contribution in [-0.2, 0) is 19.6 Å². The van der Waals surface area contributed by atoms with Crippen LogP contribution in [0.2, 0.25) is 10.0 Å². The summed E-state index contributed by atoms with van der Waals surface area (Å²) in [5, 5.41) is 0.917. The highest BCUT2D eigenvalue weighted by molar-refractivity contribution is 7.87. The van der Waals surface area contributed by atoms with Crippen LogP contribution in [0.1, 0.15) is 11.1 Å². The van der Waals surface area contributed by atoms with Crippen molar-refractivity contribution in [3.63, 3.8) is 0 Å². The molecule has 0 spiro atoms. The lowest BCUT2D eigenvalue weighted by atomic mass is 10.2. The molecular weight excluding hydrogens is 461 g/mol. The van der Waals surface area contributed by atoms with Crippen LogP contribution in [0.3, 0.4) is 0 Å². The van der Waals surface area contributed by atoms with Crippen LogP contribution in [0.5, 0.6) is 5.75 Å². The van der Waals surface area contributed by atoms with Crippen molar-refractivity contribution >= 4 is 51.2 Å². The molecule has 31 heavy (non-hydrogen) atoms. The molecule has 3 aromatic rings. The Kier molecular flexibility index (Phi) is 5.82. The zero-order valence-electron chi connectivity index (χ0n) is 15.7. The van der Waals surface area contributed by atoms with Crippen LogP contribution in [-0.4, -0.2) is 20.2 Å². The fourth-order valence-corrected chi connectivity index (χ4v) is 3.95. The summed E-state index contributed by atoms with van der Waals surface area (Å²) in [7, 11) is -4.00. The van der Waals surface area contributed by atoms with Gasteiger partial charge in [-0.05, 0) is 66.2 Å². The Morgan fingerprint density at radius 2 is 1.61 bits per heavy atom. The average molecular weight is 474 g/mol. The van der Waals surface area contributed by atoms with E-state index in [2.05, 4.69) is 4.99 Å². The first-order chi connectivity index (χ1) is 14.8. The Hall–Kier alpha value is -3.13. The molecular formula is C22H13Cl2NO5S. The normalized spacial score (nSPS) is 15.0. The molecule has 156 valence electrons. The molecule has 1 aliphatic heterocycles. The van der Waals surface area contributed by atoms with Gasteiger partial charge in [-0.15, -0.1) is 0 Å². The van der Waals surface area contributed by atoms with E-state index in [0.29, 0.717) is 21.2 Å². The van der Waals surface area contributed by atoms with Gasteiger partial charge in [0.15, 0.2) is 5.76 Å². The minimum Gasteiger partial charge on any atom is -0.432 e. The van der Waals surface area contributed by atoms with E-state index in [0.717, 1.165) is 0 Å². The molecule has 6 nitrogen and oxygen atoms in total. The van der Waals surface area contributed by atoms with Crippen molar-refractivity contribution in [1.29, 1.82) is 0 Å². The van der Waals surface area contributed by atoms with Crippen LogP contribution < -0.4 is 4.18 Å². The quantitative estimate of drug-likeness (QED) is 0.380. The summed E-state index contributed by atoms with van der Waals surface area (Å²) in [4.78, 5) is 16.0. The third-order valence-corrected chi connectivity index (χ3v) is 5.93. The van der Waals surface area contributed by atoms with E-state index in [1.54, 1.807) is 36.4 Å². The van der Waals surface area contributed by atoms with Crippen molar-refractivity contribution in [2.24, 2.45) is 4.99 Å². The number of ether oxygens (including phenoxy) is 1. The summed E-state index contributed by atoms with van der Waals surface area (Å²) in [6.45, 7) is 0. The second-order valence-electron chi connectivity index (χ2n) is 6.40. The summed E-state index contributed by atoms with van der Waals surface area (Å²) in [5.74, 6) is -0.211. The highest BCUT2D eigenvalue weighted by atomic mass is 35.5. The van der Waals surface area contributed by atoms with E-state index in [4.69, 9.17) is 32.1 Å². The molecule has 0 saturated heterocycles. The number of hydrogen-bond acceptors (Lipinski definition) is 5. The fourth-order valence-electron chi connectivity index (χ4n) is 2.70. The molecule has 0 bridgehead atoms. The Morgan fingerprint density at radius 3 is 2.29 bits per heavy atom. The third kappa shape index (κ3) is 4.96. The van der Waals surface area contributed by atoms with Crippen molar-refractivity contribution in [3.05, 3.63) is 99.7 Å². The summed E-state index contributed by atoms with van der Waals surface area (Å²) < 4.78 is 35.4. The Balaban J connectivity index is 1.48. The summed E-state index contributed by atoms with van der Waals surface area (Å²) in [6, 6.07) is 18.6. The van der Waals surface area contributed by atoms with Crippen molar-refractivity contribution in [1.82, 2.24) is 0 Å².